The number of nitrogens with zero attached hydrogens (tertiary/aromatic N) is 2. The molecule has 8 rings (SSSR count). The zero-order valence-corrected chi connectivity index (χ0v) is 31.5. The van der Waals surface area contributed by atoms with Crippen molar-refractivity contribution >= 4 is 38.9 Å². The van der Waals surface area contributed by atoms with E-state index in [1.807, 2.05) is 0 Å². The summed E-state index contributed by atoms with van der Waals surface area (Å²) in [4.78, 5) is 2.31. The molecule has 1 atom stereocenters. The van der Waals surface area contributed by atoms with E-state index in [2.05, 4.69) is 214 Å². The summed E-state index contributed by atoms with van der Waals surface area (Å²) in [5.74, 6) is 1.87. The smallest absolute Gasteiger partial charge is 0.0541 e. The highest BCUT2D eigenvalue weighted by atomic mass is 15.1. The second-order valence-corrected chi connectivity index (χ2v) is 15.3. The van der Waals surface area contributed by atoms with Crippen molar-refractivity contribution < 1.29 is 0 Å². The summed E-state index contributed by atoms with van der Waals surface area (Å²) in [7, 11) is 0. The zero-order chi connectivity index (χ0) is 36.5. The fourth-order valence-corrected chi connectivity index (χ4v) is 7.98. The molecule has 0 radical (unpaired) electrons. The molecular weight excluding hydrogens is 641 g/mol. The van der Waals surface area contributed by atoms with E-state index in [0.717, 1.165) is 17.1 Å². The topological polar surface area (TPSA) is 8.17 Å². The number of anilines is 3. The highest BCUT2D eigenvalue weighted by Crippen LogP contribution is 2.40. The van der Waals surface area contributed by atoms with Gasteiger partial charge in [0.1, 0.15) is 0 Å². The molecule has 0 aliphatic carbocycles. The Morgan fingerprint density at radius 2 is 0.925 bits per heavy atom. The lowest BCUT2D eigenvalue weighted by Gasteiger charge is -2.25. The molecule has 0 aliphatic rings. The van der Waals surface area contributed by atoms with Crippen LogP contribution in [0.2, 0.25) is 0 Å². The molecular formula is C51H48N2. The number of hydrogen-bond donors (Lipinski definition) is 0. The van der Waals surface area contributed by atoms with Crippen LogP contribution in [-0.4, -0.2) is 4.57 Å². The van der Waals surface area contributed by atoms with E-state index < -0.39 is 0 Å². The number of benzene rings is 7. The summed E-state index contributed by atoms with van der Waals surface area (Å²) in [6.45, 7) is 11.5. The van der Waals surface area contributed by atoms with E-state index in [1.165, 1.54) is 67.3 Å². The van der Waals surface area contributed by atoms with Crippen LogP contribution in [0.5, 0.6) is 0 Å². The Kier molecular flexibility index (Phi) is 9.46. The number of aromatic nitrogens is 1. The fraction of sp³-hybridized carbons (Fsp3) is 0.176. The lowest BCUT2D eigenvalue weighted by atomic mass is 9.82. The lowest BCUT2D eigenvalue weighted by Crippen LogP contribution is -2.09. The minimum atomic E-state index is 0.575. The van der Waals surface area contributed by atoms with Gasteiger partial charge in [-0.3, -0.25) is 0 Å². The maximum absolute atomic E-state index is 2.42. The molecule has 262 valence electrons. The quantitative estimate of drug-likeness (QED) is 0.139. The Bertz CT molecular complexity index is 2410. The summed E-state index contributed by atoms with van der Waals surface area (Å²) in [5.41, 5.74) is 14.6. The van der Waals surface area contributed by atoms with Crippen LogP contribution in [-0.2, 0) is 0 Å². The van der Waals surface area contributed by atoms with Gasteiger partial charge in [-0.15, -0.1) is 0 Å². The largest absolute Gasteiger partial charge is 0.311 e. The molecule has 0 bridgehead atoms. The Morgan fingerprint density at radius 3 is 1.40 bits per heavy atom. The summed E-state index contributed by atoms with van der Waals surface area (Å²) in [6.07, 6.45) is 1.21. The SMILES string of the molecule is Cc1ccc(-n2c3ccc(-c4ccc(C(CC(C)C)C(C)C)cc4)cc3c3cc(-c4ccc(N(c5ccccc5)c5ccccc5)cc4)ccc32)cc1. The standard InChI is InChI=1S/C51H48N2/c1-35(2)32-47(36(3)4)40-20-18-38(19-21-40)41-24-30-50-48(33-41)49-34-42(25-31-51(49)53(50)46-26-16-37(5)17-27-46)39-22-28-45(29-23-39)52(43-12-8-6-9-13-43)44-14-10-7-11-15-44/h6-31,33-36,47H,32H2,1-5H3. The molecule has 1 aromatic heterocycles. The maximum Gasteiger partial charge on any atom is 0.0541 e. The van der Waals surface area contributed by atoms with Gasteiger partial charge < -0.3 is 9.47 Å². The van der Waals surface area contributed by atoms with Crippen LogP contribution < -0.4 is 4.90 Å². The van der Waals surface area contributed by atoms with Gasteiger partial charge >= 0.3 is 0 Å². The van der Waals surface area contributed by atoms with Crippen LogP contribution in [0, 0.1) is 18.8 Å². The predicted molar refractivity (Wildman–Crippen MR) is 228 cm³/mol. The van der Waals surface area contributed by atoms with Crippen molar-refractivity contribution in [3.8, 4) is 27.9 Å². The molecule has 0 saturated heterocycles. The predicted octanol–water partition coefficient (Wildman–Crippen LogP) is 14.7. The van der Waals surface area contributed by atoms with E-state index in [4.69, 9.17) is 0 Å². The molecule has 53 heavy (non-hydrogen) atoms. The molecule has 0 fully saturated rings. The van der Waals surface area contributed by atoms with Crippen molar-refractivity contribution in [1.82, 2.24) is 4.57 Å². The third kappa shape index (κ3) is 6.90. The van der Waals surface area contributed by atoms with E-state index in [-0.39, 0.29) is 0 Å². The summed E-state index contributed by atoms with van der Waals surface area (Å²) in [5, 5.41) is 2.52. The van der Waals surface area contributed by atoms with Crippen molar-refractivity contribution in [2.24, 2.45) is 11.8 Å². The van der Waals surface area contributed by atoms with E-state index in [9.17, 15) is 0 Å². The van der Waals surface area contributed by atoms with Crippen molar-refractivity contribution in [1.29, 1.82) is 0 Å². The zero-order valence-electron chi connectivity index (χ0n) is 31.5. The summed E-state index contributed by atoms with van der Waals surface area (Å²) < 4.78 is 2.42. The first-order chi connectivity index (χ1) is 25.8. The van der Waals surface area contributed by atoms with Crippen LogP contribution in [0.3, 0.4) is 0 Å². The highest BCUT2D eigenvalue weighted by Gasteiger charge is 2.19. The Hall–Kier alpha value is -5.86. The number of rotatable bonds is 10. The van der Waals surface area contributed by atoms with E-state index in [0.29, 0.717) is 17.8 Å². The molecule has 0 N–H and O–H groups in total. The van der Waals surface area contributed by atoms with Crippen LogP contribution in [0.4, 0.5) is 17.1 Å². The molecule has 1 heterocycles. The van der Waals surface area contributed by atoms with Crippen LogP contribution in [0.1, 0.15) is 51.2 Å². The lowest BCUT2D eigenvalue weighted by molar-refractivity contribution is 0.408. The Morgan fingerprint density at radius 1 is 0.472 bits per heavy atom. The highest BCUT2D eigenvalue weighted by molar-refractivity contribution is 6.11. The molecule has 0 saturated carbocycles. The van der Waals surface area contributed by atoms with Crippen LogP contribution in [0.15, 0.2) is 170 Å². The normalized spacial score (nSPS) is 12.2. The molecule has 7 aromatic carbocycles. The first-order valence-electron chi connectivity index (χ1n) is 19.1. The number of aryl methyl sites for hydroxylation is 1. The van der Waals surface area contributed by atoms with Gasteiger partial charge in [-0.2, -0.15) is 0 Å². The van der Waals surface area contributed by atoms with Crippen molar-refractivity contribution in [3.05, 3.63) is 181 Å². The molecule has 0 spiro atoms. The van der Waals surface area contributed by atoms with Gasteiger partial charge in [0.05, 0.1) is 11.0 Å². The number of fused-ring (bicyclic) bond motifs is 3. The van der Waals surface area contributed by atoms with Gasteiger partial charge in [0, 0.05) is 33.5 Å². The van der Waals surface area contributed by atoms with Gasteiger partial charge in [-0.1, -0.05) is 130 Å². The minimum absolute atomic E-state index is 0.575. The molecule has 2 heteroatoms. The molecule has 8 aromatic rings. The van der Waals surface area contributed by atoms with Gasteiger partial charge in [0.25, 0.3) is 0 Å². The van der Waals surface area contributed by atoms with E-state index in [1.54, 1.807) is 0 Å². The van der Waals surface area contributed by atoms with Crippen molar-refractivity contribution in [2.75, 3.05) is 4.90 Å². The number of para-hydroxylation sites is 2. The van der Waals surface area contributed by atoms with E-state index >= 15 is 0 Å². The average Bonchev–Trinajstić information content (AvgIpc) is 3.51. The maximum atomic E-state index is 2.42. The van der Waals surface area contributed by atoms with Gasteiger partial charge in [0.2, 0.25) is 0 Å². The second kappa shape index (κ2) is 14.6. The third-order valence-corrected chi connectivity index (χ3v) is 10.7. The fourth-order valence-electron chi connectivity index (χ4n) is 7.98. The molecule has 0 aliphatic heterocycles. The summed E-state index contributed by atoms with van der Waals surface area (Å²) >= 11 is 0. The first kappa shape index (κ1) is 34.2. The Labute approximate surface area is 315 Å². The Balaban J connectivity index is 1.21. The van der Waals surface area contributed by atoms with Crippen LogP contribution in [0.25, 0.3) is 49.7 Å². The first-order valence-corrected chi connectivity index (χ1v) is 19.1. The van der Waals surface area contributed by atoms with Gasteiger partial charge in [-0.05, 0) is 132 Å². The van der Waals surface area contributed by atoms with Crippen molar-refractivity contribution in [2.45, 2.75) is 47.0 Å². The van der Waals surface area contributed by atoms with Crippen LogP contribution >= 0.6 is 0 Å². The van der Waals surface area contributed by atoms with Crippen molar-refractivity contribution in [3.63, 3.8) is 0 Å². The molecule has 2 nitrogen and oxygen atoms in total. The number of hydrogen-bond acceptors (Lipinski definition) is 1. The molecule has 0 amide bonds. The molecule has 1 unspecified atom stereocenters. The average molecular weight is 689 g/mol. The van der Waals surface area contributed by atoms with Gasteiger partial charge in [-0.25, -0.2) is 0 Å². The summed E-state index contributed by atoms with van der Waals surface area (Å²) in [6, 6.07) is 62.4. The third-order valence-electron chi connectivity index (χ3n) is 10.7. The monoisotopic (exact) mass is 688 g/mol. The minimum Gasteiger partial charge on any atom is -0.311 e. The second-order valence-electron chi connectivity index (χ2n) is 15.3. The van der Waals surface area contributed by atoms with Gasteiger partial charge in [0.15, 0.2) is 0 Å².